The Morgan fingerprint density at radius 3 is 2.65 bits per heavy atom. The molecule has 1 fully saturated rings. The van der Waals surface area contributed by atoms with Crippen LogP contribution in [0.4, 0.5) is 0 Å². The Hall–Kier alpha value is -0.310. The Morgan fingerprint density at radius 2 is 2.05 bits per heavy atom. The monoisotopic (exact) mass is 324 g/mol. The lowest BCUT2D eigenvalue weighted by Crippen LogP contribution is -2.49. The first-order valence-corrected chi connectivity index (χ1v) is 9.46. The third-order valence-electron chi connectivity index (χ3n) is 3.57. The van der Waals surface area contributed by atoms with Gasteiger partial charge in [0.2, 0.25) is 0 Å². The van der Waals surface area contributed by atoms with Gasteiger partial charge in [-0.05, 0) is 19.1 Å². The Balaban J connectivity index is 2.56. The molecule has 8 heteroatoms. The lowest BCUT2D eigenvalue weighted by atomic mass is 9.96. The molecule has 0 aromatic carbocycles. The summed E-state index contributed by atoms with van der Waals surface area (Å²) in [7, 11) is -0.778. The molecule has 118 valence electrons. The fourth-order valence-corrected chi connectivity index (χ4v) is 4.46. The maximum absolute atomic E-state index is 12.2. The second kappa shape index (κ2) is 8.21. The number of nitrogens with zero attached hydrogens (tertiary/aromatic N) is 1. The molecule has 1 rings (SSSR count). The lowest BCUT2D eigenvalue weighted by molar-refractivity contribution is -0.140. The molecule has 20 heavy (non-hydrogen) atoms. The van der Waals surface area contributed by atoms with Crippen LogP contribution in [0.5, 0.6) is 0 Å². The largest absolute Gasteiger partial charge is 0.469 e. The summed E-state index contributed by atoms with van der Waals surface area (Å²) in [5.74, 6) is -0.410. The molecule has 0 heterocycles. The van der Waals surface area contributed by atoms with Crippen molar-refractivity contribution in [2.45, 2.75) is 43.4 Å². The summed E-state index contributed by atoms with van der Waals surface area (Å²) in [6.07, 6.45) is 6.19. The summed E-state index contributed by atoms with van der Waals surface area (Å²) in [6, 6.07) is -0.0238. The highest BCUT2D eigenvalue weighted by molar-refractivity contribution is 7.99. The smallest absolute Gasteiger partial charge is 0.306 e. The topological polar surface area (TPSA) is 75.7 Å². The first-order chi connectivity index (χ1) is 9.40. The van der Waals surface area contributed by atoms with Crippen LogP contribution in [-0.2, 0) is 19.7 Å². The lowest BCUT2D eigenvalue weighted by Gasteiger charge is -2.32. The molecule has 1 aliphatic rings. The predicted octanol–water partition coefficient (Wildman–Crippen LogP) is 0.990. The van der Waals surface area contributed by atoms with Gasteiger partial charge in [-0.15, -0.1) is 0 Å². The van der Waals surface area contributed by atoms with Gasteiger partial charge in [-0.3, -0.25) is 4.79 Å². The van der Waals surface area contributed by atoms with Gasteiger partial charge in [-0.25, -0.2) is 0 Å². The molecular weight excluding hydrogens is 300 g/mol. The van der Waals surface area contributed by atoms with E-state index in [4.69, 9.17) is 0 Å². The Morgan fingerprint density at radius 1 is 1.40 bits per heavy atom. The minimum atomic E-state index is -3.54. The van der Waals surface area contributed by atoms with Crippen molar-refractivity contribution in [1.29, 1.82) is 0 Å². The molecule has 1 aliphatic carbocycles. The van der Waals surface area contributed by atoms with Crippen LogP contribution in [0.1, 0.15) is 32.1 Å². The van der Waals surface area contributed by atoms with E-state index in [0.717, 1.165) is 25.7 Å². The van der Waals surface area contributed by atoms with Crippen molar-refractivity contribution in [3.63, 3.8) is 0 Å². The van der Waals surface area contributed by atoms with Crippen molar-refractivity contribution < 1.29 is 17.9 Å². The maximum atomic E-state index is 12.2. The van der Waals surface area contributed by atoms with Crippen LogP contribution in [0, 0.1) is 0 Å². The number of rotatable bonds is 7. The molecule has 6 nitrogen and oxygen atoms in total. The molecule has 1 N–H and O–H groups in total. The fourth-order valence-electron chi connectivity index (χ4n) is 2.27. The normalized spacial score (nSPS) is 23.8. The van der Waals surface area contributed by atoms with Crippen LogP contribution >= 0.6 is 11.8 Å². The molecule has 1 saturated carbocycles. The summed E-state index contributed by atoms with van der Waals surface area (Å²) in [5.41, 5.74) is 0. The number of nitrogens with one attached hydrogen (secondary N) is 1. The third kappa shape index (κ3) is 5.23. The summed E-state index contributed by atoms with van der Waals surface area (Å²) < 4.78 is 32.9. The Kier molecular flexibility index (Phi) is 7.28. The van der Waals surface area contributed by atoms with E-state index in [0.29, 0.717) is 5.25 Å². The second-order valence-electron chi connectivity index (χ2n) is 4.94. The number of thioether (sulfide) groups is 1. The molecule has 0 amide bonds. The zero-order chi connectivity index (χ0) is 15.2. The van der Waals surface area contributed by atoms with Crippen LogP contribution < -0.4 is 4.72 Å². The highest BCUT2D eigenvalue weighted by Crippen LogP contribution is 2.27. The quantitative estimate of drug-likeness (QED) is 0.707. The molecule has 0 saturated heterocycles. The average Bonchev–Trinajstić information content (AvgIpc) is 2.44. The van der Waals surface area contributed by atoms with Gasteiger partial charge in [0.1, 0.15) is 0 Å². The summed E-state index contributed by atoms with van der Waals surface area (Å²) in [4.78, 5) is 11.1. The first kappa shape index (κ1) is 17.7. The Labute approximate surface area is 125 Å². The van der Waals surface area contributed by atoms with Gasteiger partial charge in [0.05, 0.1) is 13.5 Å². The van der Waals surface area contributed by atoms with E-state index in [1.54, 1.807) is 11.8 Å². The highest BCUT2D eigenvalue weighted by atomic mass is 32.2. The van der Waals surface area contributed by atoms with E-state index in [1.165, 1.54) is 18.5 Å². The number of methoxy groups -OCH3 is 1. The van der Waals surface area contributed by atoms with Crippen molar-refractivity contribution in [1.82, 2.24) is 9.03 Å². The van der Waals surface area contributed by atoms with Gasteiger partial charge in [-0.1, -0.05) is 12.8 Å². The van der Waals surface area contributed by atoms with Crippen molar-refractivity contribution in [3.05, 3.63) is 0 Å². The molecule has 0 aliphatic heterocycles. The van der Waals surface area contributed by atoms with Crippen molar-refractivity contribution in [2.75, 3.05) is 27.0 Å². The Bertz CT molecular complexity index is 414. The van der Waals surface area contributed by atoms with Crippen LogP contribution in [-0.4, -0.2) is 56.9 Å². The average molecular weight is 324 g/mol. The van der Waals surface area contributed by atoms with Gasteiger partial charge >= 0.3 is 5.97 Å². The van der Waals surface area contributed by atoms with E-state index < -0.39 is 16.2 Å². The zero-order valence-electron chi connectivity index (χ0n) is 12.3. The minimum Gasteiger partial charge on any atom is -0.469 e. The van der Waals surface area contributed by atoms with Gasteiger partial charge in [0.15, 0.2) is 0 Å². The number of hydrogen-bond acceptors (Lipinski definition) is 5. The highest BCUT2D eigenvalue weighted by Gasteiger charge is 2.30. The van der Waals surface area contributed by atoms with E-state index in [2.05, 4.69) is 9.46 Å². The number of hydrogen-bond donors (Lipinski definition) is 1. The van der Waals surface area contributed by atoms with E-state index >= 15 is 0 Å². The van der Waals surface area contributed by atoms with Gasteiger partial charge < -0.3 is 4.74 Å². The summed E-state index contributed by atoms with van der Waals surface area (Å²) in [6.45, 7) is 0.124. The first-order valence-electron chi connectivity index (χ1n) is 6.74. The molecule has 0 bridgehead atoms. The van der Waals surface area contributed by atoms with Crippen molar-refractivity contribution >= 4 is 27.9 Å². The van der Waals surface area contributed by atoms with Crippen LogP contribution in [0.25, 0.3) is 0 Å². The van der Waals surface area contributed by atoms with E-state index in [-0.39, 0.29) is 19.0 Å². The van der Waals surface area contributed by atoms with E-state index in [1.807, 2.05) is 6.26 Å². The second-order valence-corrected chi connectivity index (χ2v) is 7.82. The van der Waals surface area contributed by atoms with Crippen LogP contribution in [0.15, 0.2) is 0 Å². The molecule has 2 atom stereocenters. The van der Waals surface area contributed by atoms with Gasteiger partial charge in [0, 0.05) is 24.9 Å². The number of esters is 1. The predicted molar refractivity (Wildman–Crippen MR) is 80.9 cm³/mol. The van der Waals surface area contributed by atoms with Crippen molar-refractivity contribution in [2.24, 2.45) is 0 Å². The maximum Gasteiger partial charge on any atom is 0.306 e. The van der Waals surface area contributed by atoms with Crippen LogP contribution in [0.2, 0.25) is 0 Å². The molecule has 0 radical (unpaired) electrons. The molecule has 0 aromatic heterocycles. The standard InChI is InChI=1S/C12H24N2O4S2/c1-14(9-8-12(15)18-2)20(16,17)13-10-6-4-5-7-11(10)19-3/h10-11,13H,4-9H2,1-3H3. The molecular formula is C12H24N2O4S2. The minimum absolute atomic E-state index is 0.0238. The fraction of sp³-hybridized carbons (Fsp3) is 0.917. The van der Waals surface area contributed by atoms with Crippen molar-refractivity contribution in [3.8, 4) is 0 Å². The van der Waals surface area contributed by atoms with Crippen LogP contribution in [0.3, 0.4) is 0 Å². The molecule has 0 aromatic rings. The number of carbonyl (C=O) groups is 1. The summed E-state index contributed by atoms with van der Waals surface area (Å²) in [5, 5.41) is 0.326. The number of ether oxygens (including phenoxy) is 1. The molecule has 2 unspecified atom stereocenters. The third-order valence-corrected chi connectivity index (χ3v) is 6.35. The zero-order valence-corrected chi connectivity index (χ0v) is 13.9. The van der Waals surface area contributed by atoms with E-state index in [9.17, 15) is 13.2 Å². The molecule has 0 spiro atoms. The SMILES string of the molecule is COC(=O)CCN(C)S(=O)(=O)NC1CCCCC1SC. The summed E-state index contributed by atoms with van der Waals surface area (Å²) >= 11 is 1.71. The van der Waals surface area contributed by atoms with Gasteiger partial charge in [0.25, 0.3) is 10.2 Å². The number of carbonyl (C=O) groups excluding carboxylic acids is 1. The van der Waals surface area contributed by atoms with Gasteiger partial charge in [-0.2, -0.15) is 29.2 Å².